The number of halogens is 1. The molecule has 2 amide bonds. The molecule has 1 spiro atoms. The van der Waals surface area contributed by atoms with E-state index < -0.39 is 5.82 Å². The van der Waals surface area contributed by atoms with E-state index in [1.54, 1.807) is 17.0 Å². The van der Waals surface area contributed by atoms with Gasteiger partial charge in [0.1, 0.15) is 11.6 Å². The van der Waals surface area contributed by atoms with Crippen molar-refractivity contribution in [3.63, 3.8) is 0 Å². The third kappa shape index (κ3) is 3.30. The van der Waals surface area contributed by atoms with Gasteiger partial charge in [-0.1, -0.05) is 17.3 Å². The number of piperidine rings is 1. The largest absolute Gasteiger partial charge is 0.361 e. The smallest absolute Gasteiger partial charge is 0.256 e. The van der Waals surface area contributed by atoms with Gasteiger partial charge in [0.2, 0.25) is 5.91 Å². The van der Waals surface area contributed by atoms with E-state index in [1.807, 2.05) is 18.7 Å². The lowest BCUT2D eigenvalue weighted by Crippen LogP contribution is -2.44. The van der Waals surface area contributed by atoms with Crippen LogP contribution in [0.25, 0.3) is 0 Å². The Morgan fingerprint density at radius 1 is 1.25 bits per heavy atom. The summed E-state index contributed by atoms with van der Waals surface area (Å²) in [6.07, 6.45) is 1.99. The number of carbonyl (C=O) groups excluding carboxylic acids is 2. The van der Waals surface area contributed by atoms with Gasteiger partial charge in [0.25, 0.3) is 5.91 Å². The van der Waals surface area contributed by atoms with Gasteiger partial charge in [0, 0.05) is 37.0 Å². The van der Waals surface area contributed by atoms with Gasteiger partial charge < -0.3 is 14.3 Å². The van der Waals surface area contributed by atoms with Crippen LogP contribution in [-0.4, -0.2) is 46.4 Å². The summed E-state index contributed by atoms with van der Waals surface area (Å²) in [5, 5.41) is 3.96. The number of benzene rings is 1. The van der Waals surface area contributed by atoms with Crippen LogP contribution in [0.3, 0.4) is 0 Å². The third-order valence-electron chi connectivity index (χ3n) is 6.15. The fourth-order valence-electron chi connectivity index (χ4n) is 4.37. The maximum absolute atomic E-state index is 13.9. The molecular formula is C21H24FN3O3. The minimum absolute atomic E-state index is 0.109. The van der Waals surface area contributed by atoms with Crippen molar-refractivity contribution < 1.29 is 18.5 Å². The van der Waals surface area contributed by atoms with E-state index in [4.69, 9.17) is 4.52 Å². The van der Waals surface area contributed by atoms with Gasteiger partial charge in [-0.2, -0.15) is 0 Å². The standard InChI is InChI=1S/C21H24FN3O3/c1-14-17(15(2)28-23-14)12-25-13-21(11-19(25)26)7-9-24(10-8-21)20(27)16-5-3-4-6-18(16)22/h3-6H,7-13H2,1-2H3. The average Bonchev–Trinajstić information content (AvgIpc) is 3.16. The van der Waals surface area contributed by atoms with Crippen LogP contribution < -0.4 is 0 Å². The first kappa shape index (κ1) is 18.7. The molecule has 2 saturated heterocycles. The summed E-state index contributed by atoms with van der Waals surface area (Å²) in [5.74, 6) is 0.116. The monoisotopic (exact) mass is 385 g/mol. The second-order valence-corrected chi connectivity index (χ2v) is 8.00. The number of likely N-dealkylation sites (tertiary alicyclic amines) is 2. The number of rotatable bonds is 3. The molecule has 0 radical (unpaired) electrons. The zero-order valence-corrected chi connectivity index (χ0v) is 16.2. The molecule has 0 atom stereocenters. The van der Waals surface area contributed by atoms with Gasteiger partial charge in [0.05, 0.1) is 17.8 Å². The summed E-state index contributed by atoms with van der Waals surface area (Å²) in [7, 11) is 0. The van der Waals surface area contributed by atoms with Gasteiger partial charge in [-0.15, -0.1) is 0 Å². The van der Waals surface area contributed by atoms with E-state index in [0.717, 1.165) is 29.9 Å². The maximum Gasteiger partial charge on any atom is 0.256 e. The van der Waals surface area contributed by atoms with Crippen LogP contribution in [-0.2, 0) is 11.3 Å². The number of aromatic nitrogens is 1. The third-order valence-corrected chi connectivity index (χ3v) is 6.15. The first-order valence-electron chi connectivity index (χ1n) is 9.62. The molecule has 1 aromatic carbocycles. The van der Waals surface area contributed by atoms with Crippen molar-refractivity contribution in [3.8, 4) is 0 Å². The Labute approximate surface area is 163 Å². The Balaban J connectivity index is 1.41. The maximum atomic E-state index is 13.9. The molecule has 0 N–H and O–H groups in total. The average molecular weight is 385 g/mol. The summed E-state index contributed by atoms with van der Waals surface area (Å²) in [6, 6.07) is 6.08. The van der Waals surface area contributed by atoms with Crippen molar-refractivity contribution in [3.05, 3.63) is 52.7 Å². The predicted molar refractivity (Wildman–Crippen MR) is 100.0 cm³/mol. The molecule has 2 fully saturated rings. The lowest BCUT2D eigenvalue weighted by Gasteiger charge is -2.38. The summed E-state index contributed by atoms with van der Waals surface area (Å²) in [6.45, 7) is 6.02. The molecule has 0 unspecified atom stereocenters. The summed E-state index contributed by atoms with van der Waals surface area (Å²) in [4.78, 5) is 28.8. The number of amides is 2. The summed E-state index contributed by atoms with van der Waals surface area (Å²) in [5.41, 5.74) is 1.79. The molecular weight excluding hydrogens is 361 g/mol. The van der Waals surface area contributed by atoms with Crippen LogP contribution >= 0.6 is 0 Å². The highest BCUT2D eigenvalue weighted by molar-refractivity contribution is 5.94. The fraction of sp³-hybridized carbons (Fsp3) is 0.476. The second-order valence-electron chi connectivity index (χ2n) is 8.00. The van der Waals surface area contributed by atoms with Gasteiger partial charge >= 0.3 is 0 Å². The molecule has 0 aliphatic carbocycles. The molecule has 2 aliphatic rings. The Morgan fingerprint density at radius 3 is 2.61 bits per heavy atom. The first-order chi connectivity index (χ1) is 13.4. The normalized spacial score (nSPS) is 18.9. The quantitative estimate of drug-likeness (QED) is 0.814. The van der Waals surface area contributed by atoms with Gasteiger partial charge in [-0.25, -0.2) is 4.39 Å². The number of aryl methyl sites for hydroxylation is 2. The van der Waals surface area contributed by atoms with Gasteiger partial charge in [0.15, 0.2) is 0 Å². The Bertz CT molecular complexity index is 896. The van der Waals surface area contributed by atoms with Crippen molar-refractivity contribution in [1.29, 1.82) is 0 Å². The SMILES string of the molecule is Cc1noc(C)c1CN1CC2(CCN(C(=O)c3ccccc3F)CC2)CC1=O. The van der Waals surface area contributed by atoms with Gasteiger partial charge in [-0.05, 0) is 38.8 Å². The van der Waals surface area contributed by atoms with Crippen molar-refractivity contribution in [2.75, 3.05) is 19.6 Å². The van der Waals surface area contributed by atoms with E-state index in [-0.39, 0.29) is 22.8 Å². The van der Waals surface area contributed by atoms with E-state index in [1.165, 1.54) is 12.1 Å². The number of hydrogen-bond donors (Lipinski definition) is 0. The second kappa shape index (κ2) is 7.04. The van der Waals surface area contributed by atoms with Gasteiger partial charge in [-0.3, -0.25) is 9.59 Å². The highest BCUT2D eigenvalue weighted by atomic mass is 19.1. The molecule has 0 saturated carbocycles. The van der Waals surface area contributed by atoms with E-state index >= 15 is 0 Å². The summed E-state index contributed by atoms with van der Waals surface area (Å²) >= 11 is 0. The lowest BCUT2D eigenvalue weighted by atomic mass is 9.77. The van der Waals surface area contributed by atoms with Crippen LogP contribution in [0.15, 0.2) is 28.8 Å². The molecule has 2 aromatic rings. The molecule has 28 heavy (non-hydrogen) atoms. The Hall–Kier alpha value is -2.70. The van der Waals surface area contributed by atoms with Crippen molar-refractivity contribution >= 4 is 11.8 Å². The van der Waals surface area contributed by atoms with Crippen molar-refractivity contribution in [2.45, 2.75) is 39.7 Å². The minimum atomic E-state index is -0.491. The Kier molecular flexibility index (Phi) is 4.69. The van der Waals surface area contributed by atoms with Crippen LogP contribution in [0.1, 0.15) is 46.6 Å². The molecule has 3 heterocycles. The van der Waals surface area contributed by atoms with E-state index in [9.17, 15) is 14.0 Å². The highest BCUT2D eigenvalue weighted by Crippen LogP contribution is 2.42. The van der Waals surface area contributed by atoms with Crippen LogP contribution in [0.2, 0.25) is 0 Å². The predicted octanol–water partition coefficient (Wildman–Crippen LogP) is 3.09. The molecule has 2 aliphatic heterocycles. The number of nitrogens with zero attached hydrogens (tertiary/aromatic N) is 3. The van der Waals surface area contributed by atoms with Crippen LogP contribution in [0.4, 0.5) is 4.39 Å². The topological polar surface area (TPSA) is 66.7 Å². The molecule has 148 valence electrons. The molecule has 6 nitrogen and oxygen atoms in total. The number of carbonyl (C=O) groups is 2. The van der Waals surface area contributed by atoms with Crippen LogP contribution in [0, 0.1) is 25.1 Å². The fourth-order valence-corrected chi connectivity index (χ4v) is 4.37. The minimum Gasteiger partial charge on any atom is -0.361 e. The highest BCUT2D eigenvalue weighted by Gasteiger charge is 2.45. The lowest BCUT2D eigenvalue weighted by molar-refractivity contribution is -0.128. The zero-order valence-electron chi connectivity index (χ0n) is 16.2. The molecule has 1 aromatic heterocycles. The summed E-state index contributed by atoms with van der Waals surface area (Å²) < 4.78 is 19.1. The first-order valence-corrected chi connectivity index (χ1v) is 9.62. The number of hydrogen-bond acceptors (Lipinski definition) is 4. The molecule has 4 rings (SSSR count). The zero-order chi connectivity index (χ0) is 19.9. The van der Waals surface area contributed by atoms with Crippen LogP contribution in [0.5, 0.6) is 0 Å². The van der Waals surface area contributed by atoms with Crippen molar-refractivity contribution in [1.82, 2.24) is 15.0 Å². The molecule has 0 bridgehead atoms. The molecule has 7 heteroatoms. The Morgan fingerprint density at radius 2 is 1.96 bits per heavy atom. The van der Waals surface area contributed by atoms with E-state index in [2.05, 4.69) is 5.16 Å². The van der Waals surface area contributed by atoms with E-state index in [0.29, 0.717) is 32.6 Å². The van der Waals surface area contributed by atoms with Crippen molar-refractivity contribution in [2.24, 2.45) is 5.41 Å².